The molecule has 1 aromatic rings. The molecule has 0 aliphatic heterocycles. The Morgan fingerprint density at radius 3 is 3.12 bits per heavy atom. The highest BCUT2D eigenvalue weighted by Gasteiger charge is 2.09. The van der Waals surface area contributed by atoms with Crippen LogP contribution in [-0.4, -0.2) is 42.4 Å². The van der Waals surface area contributed by atoms with E-state index in [2.05, 4.69) is 10.3 Å². The van der Waals surface area contributed by atoms with Crippen LogP contribution in [0, 0.1) is 0 Å². The molecule has 6 nitrogen and oxygen atoms in total. The second kappa shape index (κ2) is 6.82. The molecule has 1 unspecified atom stereocenters. The van der Waals surface area contributed by atoms with E-state index in [1.165, 1.54) is 7.11 Å². The monoisotopic (exact) mass is 239 g/mol. The summed E-state index contributed by atoms with van der Waals surface area (Å²) in [6.07, 6.45) is 1.54. The number of nitrogens with one attached hydrogen (secondary N) is 1. The van der Waals surface area contributed by atoms with Crippen LogP contribution in [0.2, 0.25) is 0 Å². The highest BCUT2D eigenvalue weighted by molar-refractivity contribution is 5.97. The lowest BCUT2D eigenvalue weighted by Gasteiger charge is -2.11. The van der Waals surface area contributed by atoms with Crippen molar-refractivity contribution in [3.63, 3.8) is 0 Å². The second-order valence-electron chi connectivity index (χ2n) is 3.59. The minimum atomic E-state index is -0.534. The summed E-state index contributed by atoms with van der Waals surface area (Å²) in [5.74, 6) is -0.0948. The maximum Gasteiger partial charge on any atom is 0.252 e. The summed E-state index contributed by atoms with van der Waals surface area (Å²) in [4.78, 5) is 15.1. The zero-order valence-corrected chi connectivity index (χ0v) is 9.72. The quantitative estimate of drug-likeness (QED) is 0.621. The minimum Gasteiger partial charge on any atom is -0.391 e. The molecule has 0 aromatic carbocycles. The van der Waals surface area contributed by atoms with E-state index in [-0.39, 0.29) is 6.61 Å². The fourth-order valence-electron chi connectivity index (χ4n) is 1.38. The fraction of sp³-hybridized carbons (Fsp3) is 0.455. The first-order valence-electron chi connectivity index (χ1n) is 5.31. The van der Waals surface area contributed by atoms with Gasteiger partial charge in [0.15, 0.2) is 0 Å². The molecule has 1 atom stereocenters. The van der Waals surface area contributed by atoms with Crippen molar-refractivity contribution in [3.05, 3.63) is 23.9 Å². The highest BCUT2D eigenvalue weighted by atomic mass is 16.5. The van der Waals surface area contributed by atoms with Crippen molar-refractivity contribution in [1.29, 1.82) is 0 Å². The molecule has 1 heterocycles. The van der Waals surface area contributed by atoms with Crippen molar-refractivity contribution in [2.45, 2.75) is 12.5 Å². The number of carbonyl (C=O) groups is 1. The van der Waals surface area contributed by atoms with Gasteiger partial charge >= 0.3 is 0 Å². The molecule has 0 radical (unpaired) electrons. The van der Waals surface area contributed by atoms with Gasteiger partial charge in [0.1, 0.15) is 5.82 Å². The van der Waals surface area contributed by atoms with Crippen LogP contribution in [0.1, 0.15) is 16.8 Å². The molecule has 0 aliphatic carbocycles. The van der Waals surface area contributed by atoms with Gasteiger partial charge in [0.2, 0.25) is 0 Å². The lowest BCUT2D eigenvalue weighted by molar-refractivity contribution is 0.0615. The van der Waals surface area contributed by atoms with Crippen LogP contribution in [0.3, 0.4) is 0 Å². The molecule has 6 heteroatoms. The van der Waals surface area contributed by atoms with E-state index < -0.39 is 12.0 Å². The number of primary amides is 1. The second-order valence-corrected chi connectivity index (χ2v) is 3.59. The molecular weight excluding hydrogens is 222 g/mol. The van der Waals surface area contributed by atoms with E-state index in [4.69, 9.17) is 10.5 Å². The number of anilines is 1. The predicted octanol–water partition coefficient (Wildman–Crippen LogP) is -0.0102. The van der Waals surface area contributed by atoms with Crippen molar-refractivity contribution < 1.29 is 14.6 Å². The van der Waals surface area contributed by atoms with Crippen molar-refractivity contribution in [1.82, 2.24) is 4.98 Å². The number of carbonyl (C=O) groups excluding carboxylic acids is 1. The number of nitrogens with two attached hydrogens (primary N) is 1. The van der Waals surface area contributed by atoms with Crippen LogP contribution in [0.5, 0.6) is 0 Å². The van der Waals surface area contributed by atoms with Crippen LogP contribution in [-0.2, 0) is 4.74 Å². The van der Waals surface area contributed by atoms with Gasteiger partial charge in [0, 0.05) is 19.9 Å². The van der Waals surface area contributed by atoms with Crippen molar-refractivity contribution in [3.8, 4) is 0 Å². The van der Waals surface area contributed by atoms with Crippen molar-refractivity contribution in [2.75, 3.05) is 25.6 Å². The molecule has 1 amide bonds. The standard InChI is InChI=1S/C11H17N3O3/c1-17-7-8(15)4-6-14-11-9(10(12)16)3-2-5-13-11/h2-3,5,8,15H,4,6-7H2,1H3,(H2,12,16)(H,13,14). The third-order valence-corrected chi connectivity index (χ3v) is 2.20. The number of ether oxygens (including phenoxy) is 1. The molecule has 1 aromatic heterocycles. The Morgan fingerprint density at radius 1 is 1.71 bits per heavy atom. The molecule has 0 fully saturated rings. The summed E-state index contributed by atoms with van der Waals surface area (Å²) in [5.41, 5.74) is 5.55. The Kier molecular flexibility index (Phi) is 5.38. The van der Waals surface area contributed by atoms with Gasteiger partial charge in [-0.1, -0.05) is 0 Å². The van der Waals surface area contributed by atoms with Gasteiger partial charge in [-0.15, -0.1) is 0 Å². The van der Waals surface area contributed by atoms with Crippen LogP contribution in [0.4, 0.5) is 5.82 Å². The van der Waals surface area contributed by atoms with Crippen LogP contribution in [0.25, 0.3) is 0 Å². The molecule has 0 aliphatic rings. The molecule has 0 spiro atoms. The summed E-state index contributed by atoms with van der Waals surface area (Å²) in [7, 11) is 1.53. The van der Waals surface area contributed by atoms with E-state index in [0.29, 0.717) is 24.3 Å². The normalized spacial score (nSPS) is 12.1. The number of aliphatic hydroxyl groups excluding tert-OH is 1. The summed E-state index contributed by atoms with van der Waals surface area (Å²) >= 11 is 0. The van der Waals surface area contributed by atoms with E-state index >= 15 is 0 Å². The fourth-order valence-corrected chi connectivity index (χ4v) is 1.38. The van der Waals surface area contributed by atoms with E-state index in [1.807, 2.05) is 0 Å². The zero-order chi connectivity index (χ0) is 12.7. The SMILES string of the molecule is COCC(O)CCNc1ncccc1C(N)=O. The van der Waals surface area contributed by atoms with E-state index in [1.54, 1.807) is 18.3 Å². The average molecular weight is 239 g/mol. The topological polar surface area (TPSA) is 97.5 Å². The average Bonchev–Trinajstić information content (AvgIpc) is 2.30. The smallest absolute Gasteiger partial charge is 0.252 e. The van der Waals surface area contributed by atoms with Gasteiger partial charge in [-0.05, 0) is 18.6 Å². The van der Waals surface area contributed by atoms with Gasteiger partial charge in [-0.2, -0.15) is 0 Å². The highest BCUT2D eigenvalue weighted by Crippen LogP contribution is 2.10. The number of nitrogens with zero attached hydrogens (tertiary/aromatic N) is 1. The summed E-state index contributed by atoms with van der Waals surface area (Å²) in [6.45, 7) is 0.772. The maximum atomic E-state index is 11.1. The molecule has 0 bridgehead atoms. The van der Waals surface area contributed by atoms with Gasteiger partial charge in [0.25, 0.3) is 5.91 Å². The Morgan fingerprint density at radius 2 is 2.47 bits per heavy atom. The number of hydrogen-bond acceptors (Lipinski definition) is 5. The molecule has 4 N–H and O–H groups in total. The van der Waals surface area contributed by atoms with Crippen molar-refractivity contribution >= 4 is 11.7 Å². The number of hydrogen-bond donors (Lipinski definition) is 3. The number of aromatic nitrogens is 1. The summed E-state index contributed by atoms with van der Waals surface area (Å²) in [6, 6.07) is 3.24. The number of aliphatic hydroxyl groups is 1. The Balaban J connectivity index is 2.49. The molecule has 17 heavy (non-hydrogen) atoms. The third kappa shape index (κ3) is 4.38. The Labute approximate surface area is 99.8 Å². The first-order chi connectivity index (χ1) is 8.15. The van der Waals surface area contributed by atoms with E-state index in [0.717, 1.165) is 0 Å². The first-order valence-corrected chi connectivity index (χ1v) is 5.31. The Hall–Kier alpha value is -1.66. The lowest BCUT2D eigenvalue weighted by atomic mass is 10.2. The molecule has 0 saturated heterocycles. The van der Waals surface area contributed by atoms with Crippen LogP contribution in [0.15, 0.2) is 18.3 Å². The summed E-state index contributed by atoms with van der Waals surface area (Å²) < 4.78 is 4.80. The third-order valence-electron chi connectivity index (χ3n) is 2.20. The number of methoxy groups -OCH3 is 1. The lowest BCUT2D eigenvalue weighted by Crippen LogP contribution is -2.20. The number of amides is 1. The molecule has 1 rings (SSSR count). The van der Waals surface area contributed by atoms with Gasteiger partial charge < -0.3 is 20.9 Å². The van der Waals surface area contributed by atoms with E-state index in [9.17, 15) is 9.90 Å². The summed E-state index contributed by atoms with van der Waals surface area (Å²) in [5, 5.41) is 12.4. The number of pyridine rings is 1. The van der Waals surface area contributed by atoms with Crippen LogP contribution >= 0.6 is 0 Å². The van der Waals surface area contributed by atoms with Crippen LogP contribution < -0.4 is 11.1 Å². The number of rotatable bonds is 7. The Bertz CT molecular complexity index is 371. The minimum absolute atomic E-state index is 0.284. The predicted molar refractivity (Wildman–Crippen MR) is 63.7 cm³/mol. The van der Waals surface area contributed by atoms with Gasteiger partial charge in [0.05, 0.1) is 18.3 Å². The zero-order valence-electron chi connectivity index (χ0n) is 9.72. The molecule has 0 saturated carbocycles. The maximum absolute atomic E-state index is 11.1. The molecule has 94 valence electrons. The largest absolute Gasteiger partial charge is 0.391 e. The van der Waals surface area contributed by atoms with Crippen molar-refractivity contribution in [2.24, 2.45) is 5.73 Å². The first kappa shape index (κ1) is 13.4. The van der Waals surface area contributed by atoms with Gasteiger partial charge in [-0.3, -0.25) is 4.79 Å². The molecular formula is C11H17N3O3. The van der Waals surface area contributed by atoms with Gasteiger partial charge in [-0.25, -0.2) is 4.98 Å².